The molecule has 1 unspecified atom stereocenters. The number of benzene rings is 1. The Morgan fingerprint density at radius 3 is 2.67 bits per heavy atom. The highest BCUT2D eigenvalue weighted by atomic mass is 79.9. The third kappa shape index (κ3) is 3.89. The molecule has 1 aromatic rings. The van der Waals surface area contributed by atoms with Gasteiger partial charge in [-0.25, -0.2) is 0 Å². The maximum Gasteiger partial charge on any atom is 0.238 e. The Kier molecular flexibility index (Phi) is 5.29. The molecule has 1 rings (SSSR count). The van der Waals surface area contributed by atoms with Gasteiger partial charge in [-0.15, -0.1) is 0 Å². The van der Waals surface area contributed by atoms with Gasteiger partial charge in [0.15, 0.2) is 0 Å². The number of alkyl halides is 1. The molecule has 0 spiro atoms. The molecule has 1 atom stereocenters. The molecular weight excluding hydrogens is 390 g/mol. The van der Waals surface area contributed by atoms with E-state index in [-0.39, 0.29) is 10.7 Å². The van der Waals surface area contributed by atoms with Crippen molar-refractivity contribution in [2.75, 3.05) is 5.32 Å². The monoisotopic (exact) mass is 397 g/mol. The van der Waals surface area contributed by atoms with Crippen molar-refractivity contribution >= 4 is 59.4 Å². The average Bonchev–Trinajstić information content (AvgIpc) is 2.20. The Morgan fingerprint density at radius 2 is 2.13 bits per heavy atom. The Balaban J connectivity index is 2.77. The van der Waals surface area contributed by atoms with Crippen LogP contribution in [0.3, 0.4) is 0 Å². The summed E-state index contributed by atoms with van der Waals surface area (Å²) in [5, 5.41) is 2.83. The first-order chi connectivity index (χ1) is 7.04. The molecular formula is C10H10Br3NO. The van der Waals surface area contributed by atoms with Crippen LogP contribution in [0, 0.1) is 0 Å². The van der Waals surface area contributed by atoms with Crippen molar-refractivity contribution in [2.45, 2.75) is 18.2 Å². The van der Waals surface area contributed by atoms with E-state index in [1.165, 1.54) is 0 Å². The first kappa shape index (κ1) is 13.2. The lowest BCUT2D eigenvalue weighted by atomic mass is 10.3. The van der Waals surface area contributed by atoms with E-state index in [2.05, 4.69) is 53.1 Å². The Labute approximate surface area is 114 Å². The minimum atomic E-state index is -0.145. The highest BCUT2D eigenvalue weighted by Crippen LogP contribution is 2.26. The molecule has 0 saturated carbocycles. The van der Waals surface area contributed by atoms with Gasteiger partial charge in [0.1, 0.15) is 0 Å². The van der Waals surface area contributed by atoms with Crippen LogP contribution in [0.25, 0.3) is 0 Å². The highest BCUT2D eigenvalue weighted by Gasteiger charge is 2.13. The molecule has 0 aliphatic carbocycles. The molecule has 0 bridgehead atoms. The summed E-state index contributed by atoms with van der Waals surface area (Å²) in [5.74, 6) is -0.0273. The lowest BCUT2D eigenvalue weighted by molar-refractivity contribution is -0.115. The van der Waals surface area contributed by atoms with Crippen molar-refractivity contribution in [3.05, 3.63) is 27.1 Å². The van der Waals surface area contributed by atoms with Gasteiger partial charge in [-0.1, -0.05) is 38.8 Å². The minimum absolute atomic E-state index is 0.0273. The number of carbonyl (C=O) groups is 1. The van der Waals surface area contributed by atoms with Gasteiger partial charge in [-0.05, 0) is 40.5 Å². The summed E-state index contributed by atoms with van der Waals surface area (Å²) in [6.45, 7) is 1.95. The van der Waals surface area contributed by atoms with Crippen molar-refractivity contribution in [1.82, 2.24) is 0 Å². The predicted octanol–water partition coefficient (Wildman–Crippen LogP) is 4.32. The maximum absolute atomic E-state index is 11.6. The van der Waals surface area contributed by atoms with E-state index < -0.39 is 0 Å². The van der Waals surface area contributed by atoms with E-state index in [0.717, 1.165) is 21.1 Å². The van der Waals surface area contributed by atoms with Gasteiger partial charge in [0, 0.05) is 8.95 Å². The van der Waals surface area contributed by atoms with Crippen LogP contribution in [0.2, 0.25) is 0 Å². The second-order valence-corrected chi connectivity index (χ2v) is 5.86. The Hall–Kier alpha value is 0.130. The minimum Gasteiger partial charge on any atom is -0.324 e. The van der Waals surface area contributed by atoms with Crippen molar-refractivity contribution in [2.24, 2.45) is 0 Å². The molecule has 5 heteroatoms. The van der Waals surface area contributed by atoms with Gasteiger partial charge in [0.25, 0.3) is 0 Å². The molecule has 1 amide bonds. The predicted molar refractivity (Wildman–Crippen MR) is 73.5 cm³/mol. The van der Waals surface area contributed by atoms with Crippen LogP contribution in [0.5, 0.6) is 0 Å². The SMILES string of the molecule is CCC(Br)C(=O)Nc1ccc(Br)cc1Br. The van der Waals surface area contributed by atoms with Crippen molar-refractivity contribution in [1.29, 1.82) is 0 Å². The van der Waals surface area contributed by atoms with E-state index >= 15 is 0 Å². The van der Waals surface area contributed by atoms with Crippen LogP contribution in [0.15, 0.2) is 27.1 Å². The topological polar surface area (TPSA) is 29.1 Å². The van der Waals surface area contributed by atoms with Crippen molar-refractivity contribution in [3.63, 3.8) is 0 Å². The normalized spacial score (nSPS) is 12.3. The lowest BCUT2D eigenvalue weighted by Crippen LogP contribution is -2.22. The standard InChI is InChI=1S/C10H10Br3NO/c1-2-7(12)10(15)14-9-4-3-6(11)5-8(9)13/h3-5,7H,2H2,1H3,(H,14,15). The zero-order valence-corrected chi connectivity index (χ0v) is 12.8. The van der Waals surface area contributed by atoms with Crippen LogP contribution in [0.1, 0.15) is 13.3 Å². The molecule has 2 nitrogen and oxygen atoms in total. The first-order valence-electron chi connectivity index (χ1n) is 4.44. The van der Waals surface area contributed by atoms with Crippen LogP contribution in [-0.4, -0.2) is 10.7 Å². The third-order valence-electron chi connectivity index (χ3n) is 1.83. The van der Waals surface area contributed by atoms with E-state index in [9.17, 15) is 4.79 Å². The molecule has 82 valence electrons. The fraction of sp³-hybridized carbons (Fsp3) is 0.300. The summed E-state index contributed by atoms with van der Waals surface area (Å²) in [7, 11) is 0. The zero-order valence-electron chi connectivity index (χ0n) is 8.06. The lowest BCUT2D eigenvalue weighted by Gasteiger charge is -2.10. The van der Waals surface area contributed by atoms with Gasteiger partial charge in [-0.3, -0.25) is 4.79 Å². The molecule has 1 N–H and O–H groups in total. The fourth-order valence-corrected chi connectivity index (χ4v) is 2.25. The summed E-state index contributed by atoms with van der Waals surface area (Å²) in [6, 6.07) is 5.63. The number of hydrogen-bond donors (Lipinski definition) is 1. The number of amides is 1. The number of anilines is 1. The molecule has 0 saturated heterocycles. The zero-order chi connectivity index (χ0) is 11.4. The fourth-order valence-electron chi connectivity index (χ4n) is 0.987. The number of nitrogens with one attached hydrogen (secondary N) is 1. The molecule has 0 fully saturated rings. The van der Waals surface area contributed by atoms with Crippen molar-refractivity contribution in [3.8, 4) is 0 Å². The van der Waals surface area contributed by atoms with Gasteiger partial charge in [0.05, 0.1) is 10.5 Å². The number of rotatable bonds is 3. The Morgan fingerprint density at radius 1 is 1.47 bits per heavy atom. The molecule has 0 aliphatic rings. The van der Waals surface area contributed by atoms with Crippen molar-refractivity contribution < 1.29 is 4.79 Å². The second kappa shape index (κ2) is 6.01. The van der Waals surface area contributed by atoms with Crippen LogP contribution in [-0.2, 0) is 4.79 Å². The van der Waals surface area contributed by atoms with Gasteiger partial charge in [-0.2, -0.15) is 0 Å². The second-order valence-electron chi connectivity index (χ2n) is 2.99. The molecule has 0 radical (unpaired) electrons. The van der Waals surface area contributed by atoms with Crippen LogP contribution in [0.4, 0.5) is 5.69 Å². The number of hydrogen-bond acceptors (Lipinski definition) is 1. The summed E-state index contributed by atoms with van der Waals surface area (Å²) < 4.78 is 1.83. The summed E-state index contributed by atoms with van der Waals surface area (Å²) in [4.78, 5) is 11.4. The number of carbonyl (C=O) groups excluding carboxylic acids is 1. The van der Waals surface area contributed by atoms with Gasteiger partial charge >= 0.3 is 0 Å². The molecule has 0 aliphatic heterocycles. The van der Waals surface area contributed by atoms with Gasteiger partial charge in [0.2, 0.25) is 5.91 Å². The maximum atomic E-state index is 11.6. The smallest absolute Gasteiger partial charge is 0.238 e. The van der Waals surface area contributed by atoms with E-state index in [0.29, 0.717) is 0 Å². The van der Waals surface area contributed by atoms with Crippen LogP contribution >= 0.6 is 47.8 Å². The summed E-state index contributed by atoms with van der Waals surface area (Å²) in [6.07, 6.45) is 0.764. The van der Waals surface area contributed by atoms with Crippen LogP contribution < -0.4 is 5.32 Å². The first-order valence-corrected chi connectivity index (χ1v) is 6.94. The van der Waals surface area contributed by atoms with Gasteiger partial charge < -0.3 is 5.32 Å². The molecule has 0 aromatic heterocycles. The van der Waals surface area contributed by atoms with E-state index in [4.69, 9.17) is 0 Å². The molecule has 0 heterocycles. The average molecular weight is 400 g/mol. The Bertz CT molecular complexity index is 368. The largest absolute Gasteiger partial charge is 0.324 e. The highest BCUT2D eigenvalue weighted by molar-refractivity contribution is 9.11. The number of halogens is 3. The summed E-state index contributed by atoms with van der Waals surface area (Å²) >= 11 is 10.0. The molecule has 1 aromatic carbocycles. The third-order valence-corrected chi connectivity index (χ3v) is 4.04. The summed E-state index contributed by atoms with van der Waals surface area (Å²) in [5.41, 5.74) is 0.779. The van der Waals surface area contributed by atoms with E-state index in [1.807, 2.05) is 25.1 Å². The quantitative estimate of drug-likeness (QED) is 0.753. The van der Waals surface area contributed by atoms with E-state index in [1.54, 1.807) is 0 Å². The molecule has 15 heavy (non-hydrogen) atoms.